The van der Waals surface area contributed by atoms with Crippen LogP contribution < -0.4 is 20.9 Å². The maximum atomic E-state index is 12.7. The normalized spacial score (nSPS) is 18.5. The third-order valence-corrected chi connectivity index (χ3v) is 5.74. The number of anilines is 2. The largest absolute Gasteiger partial charge is 0.444 e. The summed E-state index contributed by atoms with van der Waals surface area (Å²) in [4.78, 5) is 31.4. The van der Waals surface area contributed by atoms with E-state index in [0.717, 1.165) is 44.6 Å². The molecular formula is C23H37N5O4. The summed E-state index contributed by atoms with van der Waals surface area (Å²) < 4.78 is 10.7. The Morgan fingerprint density at radius 2 is 1.91 bits per heavy atom. The first-order chi connectivity index (χ1) is 15.3. The molecule has 1 aromatic heterocycles. The summed E-state index contributed by atoms with van der Waals surface area (Å²) in [5.41, 5.74) is 0.0669. The number of pyridine rings is 1. The minimum atomic E-state index is -0.560. The molecule has 178 valence electrons. The van der Waals surface area contributed by atoms with Crippen LogP contribution in [0.3, 0.4) is 0 Å². The number of hydrogen-bond donors (Lipinski definition) is 3. The average Bonchev–Trinajstić information content (AvgIpc) is 2.77. The predicted octanol–water partition coefficient (Wildman–Crippen LogP) is 3.51. The topological polar surface area (TPSA) is 105 Å². The fourth-order valence-electron chi connectivity index (χ4n) is 4.15. The Kier molecular flexibility index (Phi) is 8.55. The zero-order chi connectivity index (χ0) is 23.0. The van der Waals surface area contributed by atoms with Crippen LogP contribution in [0.25, 0.3) is 0 Å². The van der Waals surface area contributed by atoms with E-state index < -0.39 is 11.7 Å². The van der Waals surface area contributed by atoms with Gasteiger partial charge < -0.3 is 30.3 Å². The molecule has 0 bridgehead atoms. The van der Waals surface area contributed by atoms with Gasteiger partial charge in [-0.2, -0.15) is 0 Å². The van der Waals surface area contributed by atoms with E-state index in [4.69, 9.17) is 9.47 Å². The number of amides is 3. The maximum absolute atomic E-state index is 12.7. The van der Waals surface area contributed by atoms with Gasteiger partial charge in [0.05, 0.1) is 31.1 Å². The lowest BCUT2D eigenvalue weighted by Gasteiger charge is -2.31. The van der Waals surface area contributed by atoms with Crippen molar-refractivity contribution in [2.24, 2.45) is 5.92 Å². The molecule has 2 aliphatic rings. The number of carbonyl (C=O) groups excluding carboxylic acids is 2. The molecule has 3 amide bonds. The van der Waals surface area contributed by atoms with E-state index in [0.29, 0.717) is 31.4 Å². The highest BCUT2D eigenvalue weighted by molar-refractivity contribution is 5.89. The number of rotatable bonds is 6. The fourth-order valence-corrected chi connectivity index (χ4v) is 4.15. The first-order valence-corrected chi connectivity index (χ1v) is 11.6. The minimum absolute atomic E-state index is 0.164. The van der Waals surface area contributed by atoms with Crippen LogP contribution in [-0.2, 0) is 9.47 Å². The second-order valence-corrected chi connectivity index (χ2v) is 9.49. The van der Waals surface area contributed by atoms with Gasteiger partial charge >= 0.3 is 12.1 Å². The maximum Gasteiger partial charge on any atom is 0.407 e. The summed E-state index contributed by atoms with van der Waals surface area (Å²) in [6, 6.07) is 3.30. The smallest absolute Gasteiger partial charge is 0.407 e. The Bertz CT molecular complexity index is 738. The summed E-state index contributed by atoms with van der Waals surface area (Å²) in [5, 5.41) is 8.74. The summed E-state index contributed by atoms with van der Waals surface area (Å²) in [6.45, 7) is 8.84. The molecular weight excluding hydrogens is 410 g/mol. The van der Waals surface area contributed by atoms with Crippen molar-refractivity contribution in [3.63, 3.8) is 0 Å². The second-order valence-electron chi connectivity index (χ2n) is 9.49. The number of alkyl carbamates (subject to hydrolysis) is 1. The molecule has 1 aromatic rings. The molecule has 1 aliphatic carbocycles. The third kappa shape index (κ3) is 7.85. The molecule has 0 radical (unpaired) electrons. The SMILES string of the molecule is CC(C)(C)OC(=O)NCC(NC(=O)Nc1ccc(N2CCOCC2)nc1)C1CCCCC1. The molecule has 2 heterocycles. The van der Waals surface area contributed by atoms with E-state index in [-0.39, 0.29) is 12.1 Å². The number of nitrogens with one attached hydrogen (secondary N) is 3. The molecule has 0 spiro atoms. The van der Waals surface area contributed by atoms with Crippen LogP contribution in [0.15, 0.2) is 18.3 Å². The molecule has 9 nitrogen and oxygen atoms in total. The van der Waals surface area contributed by atoms with Gasteiger partial charge in [-0.25, -0.2) is 14.6 Å². The van der Waals surface area contributed by atoms with Crippen LogP contribution in [0.2, 0.25) is 0 Å². The predicted molar refractivity (Wildman–Crippen MR) is 124 cm³/mol. The van der Waals surface area contributed by atoms with E-state index in [2.05, 4.69) is 25.8 Å². The first-order valence-electron chi connectivity index (χ1n) is 11.6. The number of carbonyl (C=O) groups is 2. The Labute approximate surface area is 190 Å². The van der Waals surface area contributed by atoms with Crippen molar-refractivity contribution in [3.8, 4) is 0 Å². The molecule has 3 N–H and O–H groups in total. The number of urea groups is 1. The third-order valence-electron chi connectivity index (χ3n) is 5.74. The zero-order valence-corrected chi connectivity index (χ0v) is 19.5. The number of nitrogens with zero attached hydrogens (tertiary/aromatic N) is 2. The number of aromatic nitrogens is 1. The van der Waals surface area contributed by atoms with Crippen LogP contribution in [0.4, 0.5) is 21.1 Å². The van der Waals surface area contributed by atoms with E-state index in [1.54, 1.807) is 6.20 Å². The summed E-state index contributed by atoms with van der Waals surface area (Å²) >= 11 is 0. The van der Waals surface area contributed by atoms with Crippen LogP contribution in [0.5, 0.6) is 0 Å². The van der Waals surface area contributed by atoms with Crippen molar-refractivity contribution >= 4 is 23.6 Å². The first kappa shape index (κ1) is 24.1. The quantitative estimate of drug-likeness (QED) is 0.616. The van der Waals surface area contributed by atoms with Gasteiger partial charge in [-0.3, -0.25) is 0 Å². The Morgan fingerprint density at radius 1 is 1.19 bits per heavy atom. The number of morpholine rings is 1. The van der Waals surface area contributed by atoms with E-state index >= 15 is 0 Å². The summed E-state index contributed by atoms with van der Waals surface area (Å²) in [6.07, 6.45) is 6.78. The van der Waals surface area contributed by atoms with Gasteiger partial charge in [-0.1, -0.05) is 19.3 Å². The van der Waals surface area contributed by atoms with Crippen molar-refractivity contribution in [3.05, 3.63) is 18.3 Å². The van der Waals surface area contributed by atoms with Gasteiger partial charge in [0.25, 0.3) is 0 Å². The minimum Gasteiger partial charge on any atom is -0.444 e. The van der Waals surface area contributed by atoms with Gasteiger partial charge in [0.1, 0.15) is 11.4 Å². The van der Waals surface area contributed by atoms with Crippen molar-refractivity contribution in [2.45, 2.75) is 64.5 Å². The van der Waals surface area contributed by atoms with Crippen LogP contribution in [-0.4, -0.2) is 61.6 Å². The molecule has 32 heavy (non-hydrogen) atoms. The monoisotopic (exact) mass is 447 g/mol. The molecule has 1 aliphatic heterocycles. The Balaban J connectivity index is 1.54. The van der Waals surface area contributed by atoms with Crippen molar-refractivity contribution < 1.29 is 19.1 Å². The van der Waals surface area contributed by atoms with E-state index in [1.807, 2.05) is 32.9 Å². The average molecular weight is 448 g/mol. The standard InChI is InChI=1S/C23H37N5O4/c1-23(2,3)32-22(30)25-16-19(17-7-5-4-6-8-17)27-21(29)26-18-9-10-20(24-15-18)28-11-13-31-14-12-28/h9-10,15,17,19H,4-8,11-14,16H2,1-3H3,(H,25,30)(H2,26,27,29). The van der Waals surface area contributed by atoms with Crippen LogP contribution in [0, 0.1) is 5.92 Å². The molecule has 1 saturated heterocycles. The van der Waals surface area contributed by atoms with Gasteiger partial charge in [-0.15, -0.1) is 0 Å². The fraction of sp³-hybridized carbons (Fsp3) is 0.696. The van der Waals surface area contributed by atoms with E-state index in [9.17, 15) is 9.59 Å². The van der Waals surface area contributed by atoms with E-state index in [1.165, 1.54) is 6.42 Å². The lowest BCUT2D eigenvalue weighted by atomic mass is 9.84. The Morgan fingerprint density at radius 3 is 2.53 bits per heavy atom. The number of hydrogen-bond acceptors (Lipinski definition) is 6. The highest BCUT2D eigenvalue weighted by Gasteiger charge is 2.26. The second kappa shape index (κ2) is 11.4. The van der Waals surface area contributed by atoms with Gasteiger partial charge in [-0.05, 0) is 51.7 Å². The van der Waals surface area contributed by atoms with Crippen molar-refractivity contribution in [1.82, 2.24) is 15.6 Å². The molecule has 1 saturated carbocycles. The van der Waals surface area contributed by atoms with Gasteiger partial charge in [0, 0.05) is 19.6 Å². The molecule has 0 aromatic carbocycles. The van der Waals surface area contributed by atoms with Crippen molar-refractivity contribution in [1.29, 1.82) is 0 Å². The van der Waals surface area contributed by atoms with Gasteiger partial charge in [0.2, 0.25) is 0 Å². The lowest BCUT2D eigenvalue weighted by molar-refractivity contribution is 0.0516. The highest BCUT2D eigenvalue weighted by atomic mass is 16.6. The van der Waals surface area contributed by atoms with Crippen LogP contribution >= 0.6 is 0 Å². The van der Waals surface area contributed by atoms with Crippen molar-refractivity contribution in [2.75, 3.05) is 43.1 Å². The zero-order valence-electron chi connectivity index (χ0n) is 19.5. The molecule has 1 unspecified atom stereocenters. The molecule has 2 fully saturated rings. The summed E-state index contributed by atoms with van der Waals surface area (Å²) in [5.74, 6) is 1.20. The Hall–Kier alpha value is -2.55. The molecule has 9 heteroatoms. The van der Waals surface area contributed by atoms with Gasteiger partial charge in [0.15, 0.2) is 0 Å². The van der Waals surface area contributed by atoms with Crippen LogP contribution in [0.1, 0.15) is 52.9 Å². The molecule has 3 rings (SSSR count). The summed E-state index contributed by atoms with van der Waals surface area (Å²) in [7, 11) is 0. The lowest BCUT2D eigenvalue weighted by Crippen LogP contribution is -2.50. The highest BCUT2D eigenvalue weighted by Crippen LogP contribution is 2.26. The number of ether oxygens (including phenoxy) is 2. The molecule has 1 atom stereocenters.